The summed E-state index contributed by atoms with van der Waals surface area (Å²) in [5, 5.41) is 6.37. The molecule has 0 unspecified atom stereocenters. The van der Waals surface area contributed by atoms with Crippen molar-refractivity contribution < 1.29 is 0 Å². The second-order valence-corrected chi connectivity index (χ2v) is 4.89. The average Bonchev–Trinajstić information content (AvgIpc) is 2.33. The van der Waals surface area contributed by atoms with Crippen LogP contribution in [0.4, 0.5) is 5.13 Å². The molecule has 0 aromatic carbocycles. The Hall–Kier alpha value is -0.320. The van der Waals surface area contributed by atoms with Gasteiger partial charge in [0.05, 0.1) is 0 Å². The Kier molecular flexibility index (Phi) is 3.53. The van der Waals surface area contributed by atoms with E-state index in [0.717, 1.165) is 18.1 Å². The van der Waals surface area contributed by atoms with E-state index in [1.165, 1.54) is 11.3 Å². The summed E-state index contributed by atoms with van der Waals surface area (Å²) in [6, 6.07) is 0. The Morgan fingerprint density at radius 2 is 2.38 bits per heavy atom. The third-order valence-corrected chi connectivity index (χ3v) is 2.64. The first-order chi connectivity index (χ1) is 5.97. The van der Waals surface area contributed by atoms with Crippen molar-refractivity contribution in [1.29, 1.82) is 0 Å². The molecule has 74 valence electrons. The number of halogens is 1. The van der Waals surface area contributed by atoms with Crippen molar-refractivity contribution in [3.8, 4) is 0 Å². The summed E-state index contributed by atoms with van der Waals surface area (Å²) in [6.07, 6.45) is 0.907. The molecule has 1 heterocycles. The molecule has 5 heteroatoms. The van der Waals surface area contributed by atoms with Gasteiger partial charge in [-0.3, -0.25) is 0 Å². The number of rotatable bonds is 4. The fourth-order valence-corrected chi connectivity index (χ4v) is 1.69. The Morgan fingerprint density at radius 1 is 1.69 bits per heavy atom. The van der Waals surface area contributed by atoms with Crippen LogP contribution in [0.1, 0.15) is 20.3 Å². The van der Waals surface area contributed by atoms with Gasteiger partial charge >= 0.3 is 0 Å². The number of hydrogen-bond donors (Lipinski definition) is 2. The lowest BCUT2D eigenvalue weighted by Gasteiger charge is -2.17. The van der Waals surface area contributed by atoms with Gasteiger partial charge in [-0.25, -0.2) is 4.98 Å². The Bertz CT molecular complexity index is 267. The normalized spacial score (nSPS) is 11.7. The van der Waals surface area contributed by atoms with Gasteiger partial charge in [-0.2, -0.15) is 0 Å². The van der Waals surface area contributed by atoms with Crippen molar-refractivity contribution in [2.24, 2.45) is 5.73 Å². The quantitative estimate of drug-likeness (QED) is 0.818. The van der Waals surface area contributed by atoms with E-state index in [4.69, 9.17) is 17.3 Å². The largest absolute Gasteiger partial charge is 0.361 e. The molecule has 1 aromatic rings. The van der Waals surface area contributed by atoms with Crippen LogP contribution in [0.15, 0.2) is 5.38 Å². The minimum Gasteiger partial charge on any atom is -0.361 e. The molecule has 1 rings (SSSR count). The average molecular weight is 220 g/mol. The molecular weight excluding hydrogens is 206 g/mol. The zero-order valence-electron chi connectivity index (χ0n) is 7.80. The Labute approximate surface area is 87.3 Å². The third kappa shape index (κ3) is 4.45. The highest BCUT2D eigenvalue weighted by molar-refractivity contribution is 7.14. The molecule has 0 amide bonds. The standard InChI is InChI=1S/C8H14ClN3S/c1-8(2,10)3-4-11-7-12-6(9)5-13-7/h5H,3-4,10H2,1-2H3,(H,11,12). The molecule has 13 heavy (non-hydrogen) atoms. The van der Waals surface area contributed by atoms with Gasteiger partial charge in [-0.05, 0) is 20.3 Å². The maximum absolute atomic E-state index is 5.82. The molecule has 0 aliphatic rings. The Balaban J connectivity index is 2.28. The van der Waals surface area contributed by atoms with Crippen molar-refractivity contribution in [2.75, 3.05) is 11.9 Å². The fourth-order valence-electron chi connectivity index (χ4n) is 0.827. The molecule has 0 spiro atoms. The van der Waals surface area contributed by atoms with Crippen LogP contribution in [0, 0.1) is 0 Å². The third-order valence-electron chi connectivity index (χ3n) is 1.52. The second-order valence-electron chi connectivity index (χ2n) is 3.64. The van der Waals surface area contributed by atoms with Gasteiger partial charge in [0.2, 0.25) is 0 Å². The summed E-state index contributed by atoms with van der Waals surface area (Å²) in [5.41, 5.74) is 5.69. The summed E-state index contributed by atoms with van der Waals surface area (Å²) in [5.74, 6) is 0. The lowest BCUT2D eigenvalue weighted by atomic mass is 10.0. The first kappa shape index (κ1) is 10.8. The van der Waals surface area contributed by atoms with Gasteiger partial charge < -0.3 is 11.1 Å². The molecule has 0 atom stereocenters. The van der Waals surface area contributed by atoms with E-state index >= 15 is 0 Å². The number of aromatic nitrogens is 1. The number of nitrogens with one attached hydrogen (secondary N) is 1. The van der Waals surface area contributed by atoms with Gasteiger partial charge in [0.15, 0.2) is 5.13 Å². The smallest absolute Gasteiger partial charge is 0.184 e. The molecule has 0 saturated carbocycles. The molecule has 3 nitrogen and oxygen atoms in total. The lowest BCUT2D eigenvalue weighted by Crippen LogP contribution is -2.34. The van der Waals surface area contributed by atoms with Crippen LogP contribution in [0.25, 0.3) is 0 Å². The van der Waals surface area contributed by atoms with Crippen LogP contribution < -0.4 is 11.1 Å². The van der Waals surface area contributed by atoms with Crippen LogP contribution in [0.5, 0.6) is 0 Å². The SMILES string of the molecule is CC(C)(N)CCNc1nc(Cl)cs1. The summed E-state index contributed by atoms with van der Waals surface area (Å²) >= 11 is 7.17. The zero-order chi connectivity index (χ0) is 9.90. The number of nitrogens with two attached hydrogens (primary N) is 1. The maximum atomic E-state index is 5.82. The molecule has 0 aliphatic carbocycles. The van der Waals surface area contributed by atoms with Crippen molar-refractivity contribution in [3.05, 3.63) is 10.5 Å². The van der Waals surface area contributed by atoms with Crippen LogP contribution >= 0.6 is 22.9 Å². The predicted molar refractivity (Wildman–Crippen MR) is 58.5 cm³/mol. The molecule has 0 fully saturated rings. The highest BCUT2D eigenvalue weighted by Gasteiger charge is 2.09. The van der Waals surface area contributed by atoms with E-state index in [1.807, 2.05) is 13.8 Å². The predicted octanol–water partition coefficient (Wildman–Crippen LogP) is 2.34. The summed E-state index contributed by atoms with van der Waals surface area (Å²) in [6.45, 7) is 4.83. The summed E-state index contributed by atoms with van der Waals surface area (Å²) < 4.78 is 0. The van der Waals surface area contributed by atoms with Crippen molar-refractivity contribution in [3.63, 3.8) is 0 Å². The first-order valence-corrected chi connectivity index (χ1v) is 5.37. The van der Waals surface area contributed by atoms with Crippen LogP contribution in [0.2, 0.25) is 5.15 Å². The van der Waals surface area contributed by atoms with Gasteiger partial charge in [-0.15, -0.1) is 11.3 Å². The van der Waals surface area contributed by atoms with E-state index in [2.05, 4.69) is 10.3 Å². The molecule has 0 radical (unpaired) electrons. The zero-order valence-corrected chi connectivity index (χ0v) is 9.37. The van der Waals surface area contributed by atoms with Crippen LogP contribution in [0.3, 0.4) is 0 Å². The van der Waals surface area contributed by atoms with Gasteiger partial charge in [0, 0.05) is 17.5 Å². The summed E-state index contributed by atoms with van der Waals surface area (Å²) in [7, 11) is 0. The molecular formula is C8H14ClN3S. The maximum Gasteiger partial charge on any atom is 0.184 e. The Morgan fingerprint density at radius 3 is 2.85 bits per heavy atom. The highest BCUT2D eigenvalue weighted by atomic mass is 35.5. The second kappa shape index (κ2) is 4.26. The monoisotopic (exact) mass is 219 g/mol. The fraction of sp³-hybridized carbons (Fsp3) is 0.625. The topological polar surface area (TPSA) is 50.9 Å². The van der Waals surface area contributed by atoms with Gasteiger partial charge in [0.25, 0.3) is 0 Å². The highest BCUT2D eigenvalue weighted by Crippen LogP contribution is 2.18. The number of anilines is 1. The first-order valence-electron chi connectivity index (χ1n) is 4.11. The van der Waals surface area contributed by atoms with E-state index in [9.17, 15) is 0 Å². The van der Waals surface area contributed by atoms with Crippen molar-refractivity contribution in [2.45, 2.75) is 25.8 Å². The molecule has 1 aromatic heterocycles. The molecule has 0 saturated heterocycles. The summed E-state index contributed by atoms with van der Waals surface area (Å²) in [4.78, 5) is 4.06. The molecule has 3 N–H and O–H groups in total. The number of nitrogens with zero attached hydrogens (tertiary/aromatic N) is 1. The molecule has 0 aliphatic heterocycles. The van der Waals surface area contributed by atoms with Gasteiger partial charge in [-0.1, -0.05) is 11.6 Å². The lowest BCUT2D eigenvalue weighted by molar-refractivity contribution is 0.491. The van der Waals surface area contributed by atoms with Crippen LogP contribution in [-0.4, -0.2) is 17.1 Å². The van der Waals surface area contributed by atoms with Crippen molar-refractivity contribution >= 4 is 28.1 Å². The minimum absolute atomic E-state index is 0.131. The van der Waals surface area contributed by atoms with E-state index in [1.54, 1.807) is 5.38 Å². The number of thiazole rings is 1. The number of hydrogen-bond acceptors (Lipinski definition) is 4. The van der Waals surface area contributed by atoms with Crippen molar-refractivity contribution in [1.82, 2.24) is 4.98 Å². The van der Waals surface area contributed by atoms with E-state index in [-0.39, 0.29) is 5.54 Å². The van der Waals surface area contributed by atoms with E-state index in [0.29, 0.717) is 5.15 Å². The van der Waals surface area contributed by atoms with Crippen LogP contribution in [-0.2, 0) is 0 Å². The van der Waals surface area contributed by atoms with E-state index < -0.39 is 0 Å². The minimum atomic E-state index is -0.131. The molecule has 0 bridgehead atoms. The van der Waals surface area contributed by atoms with Gasteiger partial charge in [0.1, 0.15) is 5.15 Å².